The van der Waals surface area contributed by atoms with Crippen LogP contribution in [0.15, 0.2) is 115 Å². The van der Waals surface area contributed by atoms with Crippen LogP contribution in [0.5, 0.6) is 0 Å². The molecule has 0 saturated heterocycles. The first-order chi connectivity index (χ1) is 20.7. The normalized spacial score (nSPS) is 12.6. The highest BCUT2D eigenvalue weighted by Gasteiger charge is 2.08. The van der Waals surface area contributed by atoms with Crippen molar-refractivity contribution in [2.45, 2.75) is 20.0 Å². The minimum Gasteiger partial charge on any atom is -0.394 e. The van der Waals surface area contributed by atoms with Crippen LogP contribution in [0, 0.1) is 0 Å². The zero-order valence-electron chi connectivity index (χ0n) is 24.6. The summed E-state index contributed by atoms with van der Waals surface area (Å²) in [5.41, 5.74) is 7.49. The molecule has 0 atom stereocenters. The molecule has 5 rings (SSSR count). The Morgan fingerprint density at radius 3 is 1.90 bits per heavy atom. The number of hydrogen-bond acceptors (Lipinski definition) is 3. The summed E-state index contributed by atoms with van der Waals surface area (Å²) in [6, 6.07) is 21.7. The first-order valence-corrected chi connectivity index (χ1v) is 16.9. The minimum atomic E-state index is 0.987. The van der Waals surface area contributed by atoms with E-state index in [4.69, 9.17) is 0 Å². The van der Waals surface area contributed by atoms with Crippen LogP contribution in [0.25, 0.3) is 40.0 Å². The molecule has 0 amide bonds. The Morgan fingerprint density at radius 1 is 0.762 bits per heavy atom. The molecule has 0 unspecified atom stereocenters. The molecule has 2 aromatic carbocycles. The number of hydrogen-bond donors (Lipinski definition) is 1. The van der Waals surface area contributed by atoms with Crippen LogP contribution < -0.4 is 9.88 Å². The van der Waals surface area contributed by atoms with Crippen molar-refractivity contribution in [1.29, 1.82) is 0 Å². The predicted molar refractivity (Wildman–Crippen MR) is 186 cm³/mol. The number of rotatable bonds is 13. The number of nitrogens with one attached hydrogen (secondary N) is 1. The van der Waals surface area contributed by atoms with E-state index >= 15 is 0 Å². The van der Waals surface area contributed by atoms with E-state index < -0.39 is 0 Å². The maximum atomic E-state index is 3.06. The quantitative estimate of drug-likeness (QED) is 0.0645. The molecule has 3 heterocycles. The van der Waals surface area contributed by atoms with Gasteiger partial charge in [-0.2, -0.15) is 0 Å². The third kappa shape index (κ3) is 7.50. The van der Waals surface area contributed by atoms with Gasteiger partial charge in [-0.3, -0.25) is 0 Å². The molecule has 0 bridgehead atoms. The second kappa shape index (κ2) is 14.9. The highest BCUT2D eigenvalue weighted by atomic mass is 33.1. The average Bonchev–Trinajstić information content (AvgIpc) is 3.56. The number of benzene rings is 2. The Hall–Kier alpha value is -3.87. The number of fused-ring (bicyclic) bond motifs is 2. The number of allylic oxidation sites excluding steroid dienone is 4. The van der Waals surface area contributed by atoms with E-state index in [1.807, 2.05) is 41.9 Å². The lowest BCUT2D eigenvalue weighted by Gasteiger charge is -2.06. The maximum absolute atomic E-state index is 3.06. The van der Waals surface area contributed by atoms with Gasteiger partial charge in [-0.1, -0.05) is 88.4 Å². The summed E-state index contributed by atoms with van der Waals surface area (Å²) in [4.78, 5) is 0. The molecule has 0 spiro atoms. The Morgan fingerprint density at radius 2 is 1.33 bits per heavy atom. The molecule has 5 aromatic rings. The van der Waals surface area contributed by atoms with Crippen molar-refractivity contribution in [3.63, 3.8) is 0 Å². The lowest BCUT2D eigenvalue weighted by atomic mass is 10.1. The molecule has 6 heteroatoms. The van der Waals surface area contributed by atoms with Crippen molar-refractivity contribution >= 4 is 61.6 Å². The van der Waals surface area contributed by atoms with Crippen molar-refractivity contribution in [1.82, 2.24) is 14.5 Å². The van der Waals surface area contributed by atoms with Crippen molar-refractivity contribution in [3.05, 3.63) is 132 Å². The zero-order valence-corrected chi connectivity index (χ0v) is 26.2. The first kappa shape index (κ1) is 29.6. The molecular weight excluding hydrogens is 553 g/mol. The van der Waals surface area contributed by atoms with Gasteiger partial charge < -0.3 is 14.5 Å². The number of aromatic nitrogens is 3. The van der Waals surface area contributed by atoms with Crippen LogP contribution in [0.3, 0.4) is 0 Å². The summed E-state index contributed by atoms with van der Waals surface area (Å²) in [5, 5.41) is 5.66. The highest BCUT2D eigenvalue weighted by molar-refractivity contribution is 8.76. The van der Waals surface area contributed by atoms with E-state index in [0.29, 0.717) is 0 Å². The van der Waals surface area contributed by atoms with E-state index in [0.717, 1.165) is 24.6 Å². The van der Waals surface area contributed by atoms with Crippen molar-refractivity contribution in [3.8, 4) is 0 Å². The standard InChI is InChI=1S/C36H39N4S2/c1-4-29(17-20-37-2)13-15-31-27-39(35-11-7-5-9-33(31)35)23-25-41-42-26-24-40-28-32(34-10-6-8-12-36(34)40)16-14-30-18-21-38(3)22-19-30/h4-22,27-28,37H,23-26H2,1-3H3/q+1/b15-13+,20-17-,29-4-. The van der Waals surface area contributed by atoms with Crippen LogP contribution in [-0.4, -0.2) is 27.7 Å². The fraction of sp³-hybridized carbons (Fsp3) is 0.194. The number of aryl methyl sites for hydroxylation is 3. The predicted octanol–water partition coefficient (Wildman–Crippen LogP) is 8.37. The summed E-state index contributed by atoms with van der Waals surface area (Å²) in [5.74, 6) is 2.13. The van der Waals surface area contributed by atoms with Crippen molar-refractivity contribution in [2.75, 3.05) is 18.6 Å². The second-order valence-corrected chi connectivity index (χ2v) is 12.8. The maximum Gasteiger partial charge on any atom is 0.169 e. The molecule has 0 aliphatic heterocycles. The van der Waals surface area contributed by atoms with E-state index in [1.54, 1.807) is 0 Å². The monoisotopic (exact) mass is 591 g/mol. The van der Waals surface area contributed by atoms with Crippen LogP contribution >= 0.6 is 21.6 Å². The van der Waals surface area contributed by atoms with Crippen LogP contribution in [0.1, 0.15) is 23.6 Å². The largest absolute Gasteiger partial charge is 0.394 e. The molecule has 4 nitrogen and oxygen atoms in total. The smallest absolute Gasteiger partial charge is 0.169 e. The number of pyridine rings is 1. The van der Waals surface area contributed by atoms with E-state index in [-0.39, 0.29) is 0 Å². The number of nitrogens with zero attached hydrogens (tertiary/aromatic N) is 3. The van der Waals surface area contributed by atoms with Crippen LogP contribution in [-0.2, 0) is 20.1 Å². The van der Waals surface area contributed by atoms with Gasteiger partial charge in [0.1, 0.15) is 7.05 Å². The lowest BCUT2D eigenvalue weighted by Crippen LogP contribution is -2.25. The molecule has 0 saturated carbocycles. The Labute approximate surface area is 257 Å². The third-order valence-electron chi connectivity index (χ3n) is 7.24. The molecule has 0 radical (unpaired) electrons. The lowest BCUT2D eigenvalue weighted by molar-refractivity contribution is -0.671. The van der Waals surface area contributed by atoms with E-state index in [2.05, 4.69) is 148 Å². The minimum absolute atomic E-state index is 0.987. The molecular formula is C36H39N4S2+. The van der Waals surface area contributed by atoms with Gasteiger partial charge in [0, 0.05) is 78.0 Å². The summed E-state index contributed by atoms with van der Waals surface area (Å²) in [6.45, 7) is 4.05. The topological polar surface area (TPSA) is 25.8 Å². The fourth-order valence-corrected chi connectivity index (χ4v) is 6.93. The fourth-order valence-electron chi connectivity index (χ4n) is 5.00. The molecule has 0 aliphatic carbocycles. The van der Waals surface area contributed by atoms with E-state index in [1.165, 1.54) is 44.1 Å². The highest BCUT2D eigenvalue weighted by Crippen LogP contribution is 2.28. The molecule has 214 valence electrons. The summed E-state index contributed by atoms with van der Waals surface area (Å²) in [7, 11) is 7.88. The molecule has 42 heavy (non-hydrogen) atoms. The van der Waals surface area contributed by atoms with Gasteiger partial charge in [0.25, 0.3) is 0 Å². The SMILES string of the molecule is C/C=C(\C=C/NC)/C=C/c1cn(CCSSCCn2cc(/C=C/c3cc[n+](C)cc3)c3ccccc32)c2ccccc12. The summed E-state index contributed by atoms with van der Waals surface area (Å²) < 4.78 is 6.85. The third-order valence-corrected chi connectivity index (χ3v) is 9.61. The Kier molecular flexibility index (Phi) is 10.5. The Bertz CT molecular complexity index is 1740. The molecule has 0 aliphatic rings. The summed E-state index contributed by atoms with van der Waals surface area (Å²) in [6.07, 6.45) is 23.7. The van der Waals surface area contributed by atoms with Gasteiger partial charge in [-0.05, 0) is 53.6 Å². The Balaban J connectivity index is 1.17. The van der Waals surface area contributed by atoms with Crippen molar-refractivity contribution < 1.29 is 4.57 Å². The molecule has 0 fully saturated rings. The van der Waals surface area contributed by atoms with Gasteiger partial charge in [-0.15, -0.1) is 0 Å². The van der Waals surface area contributed by atoms with E-state index in [9.17, 15) is 0 Å². The van der Waals surface area contributed by atoms with Gasteiger partial charge in [0.2, 0.25) is 0 Å². The van der Waals surface area contributed by atoms with Gasteiger partial charge in [-0.25, -0.2) is 4.57 Å². The van der Waals surface area contributed by atoms with Crippen molar-refractivity contribution in [2.24, 2.45) is 7.05 Å². The summed E-state index contributed by atoms with van der Waals surface area (Å²) >= 11 is 0. The molecule has 1 N–H and O–H groups in total. The zero-order chi connectivity index (χ0) is 29.1. The molecule has 3 aromatic heterocycles. The first-order valence-electron chi connectivity index (χ1n) is 14.4. The number of para-hydroxylation sites is 2. The van der Waals surface area contributed by atoms with Crippen LogP contribution in [0.2, 0.25) is 0 Å². The van der Waals surface area contributed by atoms with Gasteiger partial charge >= 0.3 is 0 Å². The average molecular weight is 592 g/mol. The van der Waals surface area contributed by atoms with Crippen LogP contribution in [0.4, 0.5) is 0 Å². The second-order valence-electron chi connectivity index (χ2n) is 10.1. The van der Waals surface area contributed by atoms with Gasteiger partial charge in [0.05, 0.1) is 0 Å². The van der Waals surface area contributed by atoms with Gasteiger partial charge in [0.15, 0.2) is 12.4 Å².